The first kappa shape index (κ1) is 14.5. The predicted octanol–water partition coefficient (Wildman–Crippen LogP) is 3.95. The highest BCUT2D eigenvalue weighted by atomic mass is 79.9. The molecule has 0 fully saturated rings. The maximum absolute atomic E-state index is 14.2. The molecule has 0 aliphatic heterocycles. The summed E-state index contributed by atoms with van der Waals surface area (Å²) in [6, 6.07) is 6.33. The summed E-state index contributed by atoms with van der Waals surface area (Å²) < 4.78 is 20.3. The highest BCUT2D eigenvalue weighted by Crippen LogP contribution is 2.33. The van der Waals surface area contributed by atoms with Crippen LogP contribution in [0.25, 0.3) is 0 Å². The van der Waals surface area contributed by atoms with E-state index in [-0.39, 0.29) is 5.02 Å². The van der Waals surface area contributed by atoms with Crippen LogP contribution in [-0.4, -0.2) is 0 Å². The van der Waals surface area contributed by atoms with Gasteiger partial charge in [-0.2, -0.15) is 0 Å². The minimum atomic E-state index is -0.578. The van der Waals surface area contributed by atoms with Gasteiger partial charge in [0.25, 0.3) is 0 Å². The Balaban J connectivity index is 2.45. The molecule has 1 unspecified atom stereocenters. The van der Waals surface area contributed by atoms with Crippen LogP contribution in [0.15, 0.2) is 33.2 Å². The number of benzene rings is 1. The lowest BCUT2D eigenvalue weighted by Crippen LogP contribution is -2.29. The average molecular weight is 348 g/mol. The topological polar surface area (TPSA) is 51.2 Å². The molecule has 0 amide bonds. The molecule has 2 aromatic rings. The molecule has 1 aromatic carbocycles. The van der Waals surface area contributed by atoms with Crippen LogP contribution in [0.4, 0.5) is 4.39 Å². The van der Waals surface area contributed by atoms with E-state index in [1.54, 1.807) is 18.2 Å². The van der Waals surface area contributed by atoms with Gasteiger partial charge in [0.2, 0.25) is 0 Å². The zero-order valence-electron chi connectivity index (χ0n) is 10.2. The van der Waals surface area contributed by atoms with Gasteiger partial charge in [0.15, 0.2) is 0 Å². The zero-order valence-corrected chi connectivity index (χ0v) is 12.6. The summed E-state index contributed by atoms with van der Waals surface area (Å²) in [6.07, 6.45) is 0.765. The fourth-order valence-electron chi connectivity index (χ4n) is 1.83. The van der Waals surface area contributed by atoms with E-state index in [2.05, 4.69) is 21.4 Å². The third-order valence-electron chi connectivity index (χ3n) is 2.86. The smallest absolute Gasteiger partial charge is 0.148 e. The van der Waals surface area contributed by atoms with Crippen molar-refractivity contribution in [2.24, 2.45) is 5.84 Å². The van der Waals surface area contributed by atoms with Crippen molar-refractivity contribution >= 4 is 27.5 Å². The van der Waals surface area contributed by atoms with Gasteiger partial charge in [-0.15, -0.1) is 0 Å². The number of hydrogen-bond donors (Lipinski definition) is 2. The molecule has 0 spiro atoms. The molecule has 1 heterocycles. The highest BCUT2D eigenvalue weighted by Gasteiger charge is 2.22. The third kappa shape index (κ3) is 2.84. The molecule has 0 saturated carbocycles. The molecule has 0 saturated heterocycles. The van der Waals surface area contributed by atoms with E-state index < -0.39 is 11.9 Å². The normalized spacial score (nSPS) is 12.7. The Morgan fingerprint density at radius 1 is 1.42 bits per heavy atom. The monoisotopic (exact) mass is 346 g/mol. The predicted molar refractivity (Wildman–Crippen MR) is 76.4 cm³/mol. The number of halogens is 3. The molecule has 19 heavy (non-hydrogen) atoms. The first-order chi connectivity index (χ1) is 9.08. The first-order valence-electron chi connectivity index (χ1n) is 5.76. The number of aryl methyl sites for hydroxylation is 1. The number of hydrazine groups is 1. The van der Waals surface area contributed by atoms with Gasteiger partial charge >= 0.3 is 0 Å². The Bertz CT molecular complexity index is 588. The molecule has 0 aliphatic carbocycles. The summed E-state index contributed by atoms with van der Waals surface area (Å²) in [4.78, 5) is 0. The van der Waals surface area contributed by atoms with E-state index in [0.29, 0.717) is 15.8 Å². The second-order valence-electron chi connectivity index (χ2n) is 4.02. The van der Waals surface area contributed by atoms with Gasteiger partial charge in [-0.3, -0.25) is 5.84 Å². The van der Waals surface area contributed by atoms with E-state index in [1.807, 2.05) is 13.0 Å². The van der Waals surface area contributed by atoms with E-state index in [4.69, 9.17) is 21.9 Å². The van der Waals surface area contributed by atoms with Crippen molar-refractivity contribution in [2.45, 2.75) is 19.4 Å². The molecule has 3 N–H and O–H groups in total. The van der Waals surface area contributed by atoms with Gasteiger partial charge in [-0.1, -0.05) is 24.6 Å². The van der Waals surface area contributed by atoms with Crippen molar-refractivity contribution in [1.29, 1.82) is 0 Å². The zero-order chi connectivity index (χ0) is 14.0. The highest BCUT2D eigenvalue weighted by molar-refractivity contribution is 9.10. The van der Waals surface area contributed by atoms with Crippen molar-refractivity contribution in [2.75, 3.05) is 0 Å². The Kier molecular flexibility index (Phi) is 4.62. The molecule has 2 rings (SSSR count). The first-order valence-corrected chi connectivity index (χ1v) is 6.93. The average Bonchev–Trinajstić information content (AvgIpc) is 2.88. The molecular formula is C13H13BrClFN2O. The van der Waals surface area contributed by atoms with Gasteiger partial charge in [-0.05, 0) is 34.1 Å². The Labute approximate surface area is 124 Å². The van der Waals surface area contributed by atoms with Crippen LogP contribution in [0.5, 0.6) is 0 Å². The lowest BCUT2D eigenvalue weighted by atomic mass is 10.0. The quantitative estimate of drug-likeness (QED) is 0.500. The summed E-state index contributed by atoms with van der Waals surface area (Å²) in [5.74, 6) is 6.36. The van der Waals surface area contributed by atoms with Crippen LogP contribution in [-0.2, 0) is 6.42 Å². The summed E-state index contributed by atoms with van der Waals surface area (Å²) in [7, 11) is 0. The number of nitrogens with one attached hydrogen (secondary N) is 1. The van der Waals surface area contributed by atoms with Crippen LogP contribution in [0.3, 0.4) is 0 Å². The standard InChI is InChI=1S/C13H13BrClFN2O/c1-2-7-3-6-10(19-7)13(18-17)8-4-5-9(14)11(15)12(8)16/h3-6,13,18H,2,17H2,1H3. The van der Waals surface area contributed by atoms with Gasteiger partial charge in [0, 0.05) is 16.5 Å². The summed E-state index contributed by atoms with van der Waals surface area (Å²) in [5, 5.41) is 0.0278. The minimum Gasteiger partial charge on any atom is -0.464 e. The van der Waals surface area contributed by atoms with E-state index in [1.165, 1.54) is 0 Å². The molecule has 1 atom stereocenters. The van der Waals surface area contributed by atoms with Crippen LogP contribution in [0, 0.1) is 5.82 Å². The molecule has 0 bridgehead atoms. The van der Waals surface area contributed by atoms with Crippen LogP contribution in [0.2, 0.25) is 5.02 Å². The van der Waals surface area contributed by atoms with E-state index in [0.717, 1.165) is 12.2 Å². The van der Waals surface area contributed by atoms with Gasteiger partial charge in [-0.25, -0.2) is 9.82 Å². The lowest BCUT2D eigenvalue weighted by Gasteiger charge is -2.15. The lowest BCUT2D eigenvalue weighted by molar-refractivity contribution is 0.418. The van der Waals surface area contributed by atoms with Crippen molar-refractivity contribution in [3.8, 4) is 0 Å². The van der Waals surface area contributed by atoms with Crippen molar-refractivity contribution < 1.29 is 8.81 Å². The largest absolute Gasteiger partial charge is 0.464 e. The van der Waals surface area contributed by atoms with Crippen LogP contribution in [0.1, 0.15) is 30.0 Å². The molecule has 6 heteroatoms. The molecular weight excluding hydrogens is 335 g/mol. The van der Waals surface area contributed by atoms with E-state index >= 15 is 0 Å². The summed E-state index contributed by atoms with van der Waals surface area (Å²) >= 11 is 9.06. The van der Waals surface area contributed by atoms with Gasteiger partial charge in [0.1, 0.15) is 23.4 Å². The molecule has 3 nitrogen and oxygen atoms in total. The van der Waals surface area contributed by atoms with Crippen molar-refractivity contribution in [3.05, 3.63) is 56.7 Å². The van der Waals surface area contributed by atoms with Crippen molar-refractivity contribution in [1.82, 2.24) is 5.43 Å². The summed E-state index contributed by atoms with van der Waals surface area (Å²) in [6.45, 7) is 1.98. The molecule has 102 valence electrons. The molecule has 0 aliphatic rings. The van der Waals surface area contributed by atoms with Gasteiger partial charge < -0.3 is 4.42 Å². The number of hydrogen-bond acceptors (Lipinski definition) is 3. The SMILES string of the molecule is CCc1ccc(C(NN)c2ccc(Br)c(Cl)c2F)o1. The van der Waals surface area contributed by atoms with E-state index in [9.17, 15) is 4.39 Å². The maximum atomic E-state index is 14.2. The Morgan fingerprint density at radius 2 is 2.16 bits per heavy atom. The fraction of sp³-hybridized carbons (Fsp3) is 0.231. The fourth-order valence-corrected chi connectivity index (χ4v) is 2.31. The second-order valence-corrected chi connectivity index (χ2v) is 5.25. The molecule has 0 radical (unpaired) electrons. The number of furan rings is 1. The Hall–Kier alpha value is -0.880. The maximum Gasteiger partial charge on any atom is 0.148 e. The summed E-state index contributed by atoms with van der Waals surface area (Å²) in [5.41, 5.74) is 2.89. The number of nitrogens with two attached hydrogens (primary N) is 1. The minimum absolute atomic E-state index is 0.0278. The molecule has 1 aromatic heterocycles. The van der Waals surface area contributed by atoms with Gasteiger partial charge in [0.05, 0.1) is 5.02 Å². The van der Waals surface area contributed by atoms with Crippen molar-refractivity contribution in [3.63, 3.8) is 0 Å². The number of rotatable bonds is 4. The Morgan fingerprint density at radius 3 is 2.74 bits per heavy atom. The third-order valence-corrected chi connectivity index (χ3v) is 4.12. The second kappa shape index (κ2) is 6.05. The van der Waals surface area contributed by atoms with Crippen LogP contribution < -0.4 is 11.3 Å². The van der Waals surface area contributed by atoms with Crippen LogP contribution >= 0.6 is 27.5 Å².